The minimum atomic E-state index is 0.631. The third-order valence-corrected chi connectivity index (χ3v) is 2.04. The van der Waals surface area contributed by atoms with Crippen molar-refractivity contribution in [2.45, 2.75) is 13.3 Å². The van der Waals surface area contributed by atoms with Gasteiger partial charge in [0.15, 0.2) is 0 Å². The molecule has 0 aliphatic rings. The van der Waals surface area contributed by atoms with E-state index in [0.717, 1.165) is 23.3 Å². The van der Waals surface area contributed by atoms with E-state index in [1.165, 1.54) is 0 Å². The highest BCUT2D eigenvalue weighted by Gasteiger charge is 2.01. The average Bonchev–Trinajstić information content (AvgIpc) is 2.25. The molecule has 0 saturated carbocycles. The number of terminal acetylenes is 1. The van der Waals surface area contributed by atoms with E-state index in [9.17, 15) is 0 Å². The van der Waals surface area contributed by atoms with Crippen LogP contribution in [0.4, 0.5) is 0 Å². The van der Waals surface area contributed by atoms with E-state index in [4.69, 9.17) is 15.9 Å². The molecule has 0 unspecified atom stereocenters. The summed E-state index contributed by atoms with van der Waals surface area (Å²) in [5.41, 5.74) is 1.95. The molecule has 0 saturated heterocycles. The van der Waals surface area contributed by atoms with Crippen molar-refractivity contribution in [2.75, 3.05) is 20.3 Å². The second-order valence-electron chi connectivity index (χ2n) is 3.34. The largest absolute Gasteiger partial charge is 0.492 e. The SMILES string of the molecule is C#Cc1ccc(C)cc1OCCCOC. The Morgan fingerprint density at radius 3 is 2.80 bits per heavy atom. The standard InChI is InChI=1S/C13H16O2/c1-4-12-7-6-11(2)10-13(12)15-9-5-8-14-3/h1,6-7,10H,5,8-9H2,2-3H3. The zero-order valence-corrected chi connectivity index (χ0v) is 9.25. The lowest BCUT2D eigenvalue weighted by atomic mass is 10.1. The first-order chi connectivity index (χ1) is 7.27. The van der Waals surface area contributed by atoms with Crippen LogP contribution in [0.2, 0.25) is 0 Å². The van der Waals surface area contributed by atoms with Gasteiger partial charge in [-0.15, -0.1) is 6.42 Å². The molecule has 2 heteroatoms. The lowest BCUT2D eigenvalue weighted by Crippen LogP contribution is -2.02. The highest BCUT2D eigenvalue weighted by Crippen LogP contribution is 2.19. The van der Waals surface area contributed by atoms with Crippen LogP contribution in [0, 0.1) is 19.3 Å². The highest BCUT2D eigenvalue weighted by molar-refractivity contribution is 5.46. The molecule has 80 valence electrons. The Bertz CT molecular complexity index is 350. The molecule has 0 aromatic heterocycles. The van der Waals surface area contributed by atoms with Crippen molar-refractivity contribution in [1.82, 2.24) is 0 Å². The number of hydrogen-bond acceptors (Lipinski definition) is 2. The Kier molecular flexibility index (Phi) is 4.73. The second-order valence-corrected chi connectivity index (χ2v) is 3.34. The zero-order valence-electron chi connectivity index (χ0n) is 9.25. The summed E-state index contributed by atoms with van der Waals surface area (Å²) < 4.78 is 10.5. The van der Waals surface area contributed by atoms with Crippen LogP contribution < -0.4 is 4.74 Å². The molecule has 0 fully saturated rings. The minimum absolute atomic E-state index is 0.631. The van der Waals surface area contributed by atoms with Gasteiger partial charge in [-0.05, 0) is 24.6 Å². The molecule has 1 aromatic rings. The van der Waals surface area contributed by atoms with Gasteiger partial charge in [-0.2, -0.15) is 0 Å². The molecule has 0 spiro atoms. The summed E-state index contributed by atoms with van der Waals surface area (Å²) in [5, 5.41) is 0. The monoisotopic (exact) mass is 204 g/mol. The highest BCUT2D eigenvalue weighted by atomic mass is 16.5. The zero-order chi connectivity index (χ0) is 11.1. The average molecular weight is 204 g/mol. The number of ether oxygens (including phenoxy) is 2. The summed E-state index contributed by atoms with van der Waals surface area (Å²) in [6, 6.07) is 5.85. The van der Waals surface area contributed by atoms with E-state index >= 15 is 0 Å². The minimum Gasteiger partial charge on any atom is -0.492 e. The summed E-state index contributed by atoms with van der Waals surface area (Å²) in [6.45, 7) is 3.35. The number of benzene rings is 1. The lowest BCUT2D eigenvalue weighted by molar-refractivity contribution is 0.172. The Labute approximate surface area is 91.2 Å². The summed E-state index contributed by atoms with van der Waals surface area (Å²) in [4.78, 5) is 0. The van der Waals surface area contributed by atoms with Gasteiger partial charge in [0.1, 0.15) is 5.75 Å². The number of hydrogen-bond donors (Lipinski definition) is 0. The van der Waals surface area contributed by atoms with Gasteiger partial charge in [-0.25, -0.2) is 0 Å². The van der Waals surface area contributed by atoms with Crippen LogP contribution in [-0.2, 0) is 4.74 Å². The third-order valence-electron chi connectivity index (χ3n) is 2.04. The van der Waals surface area contributed by atoms with Crippen molar-refractivity contribution in [3.63, 3.8) is 0 Å². The molecule has 2 nitrogen and oxygen atoms in total. The normalized spacial score (nSPS) is 9.67. The molecule has 0 N–H and O–H groups in total. The van der Waals surface area contributed by atoms with Crippen LogP contribution in [0.15, 0.2) is 18.2 Å². The Balaban J connectivity index is 2.59. The van der Waals surface area contributed by atoms with Gasteiger partial charge in [0.05, 0.1) is 12.2 Å². The molecular formula is C13H16O2. The molecule has 0 heterocycles. The van der Waals surface area contributed by atoms with Crippen LogP contribution in [0.3, 0.4) is 0 Å². The van der Waals surface area contributed by atoms with Crippen LogP contribution in [0.1, 0.15) is 17.5 Å². The summed E-state index contributed by atoms with van der Waals surface area (Å²) in [5.74, 6) is 3.39. The first kappa shape index (κ1) is 11.6. The Morgan fingerprint density at radius 2 is 2.13 bits per heavy atom. The van der Waals surface area contributed by atoms with Crippen molar-refractivity contribution in [1.29, 1.82) is 0 Å². The fraction of sp³-hybridized carbons (Fsp3) is 0.385. The van der Waals surface area contributed by atoms with Crippen molar-refractivity contribution in [2.24, 2.45) is 0 Å². The fourth-order valence-electron chi connectivity index (χ4n) is 1.25. The van der Waals surface area contributed by atoms with Crippen LogP contribution in [0.25, 0.3) is 0 Å². The van der Waals surface area contributed by atoms with Gasteiger partial charge < -0.3 is 9.47 Å². The maximum atomic E-state index is 5.59. The first-order valence-corrected chi connectivity index (χ1v) is 4.97. The third kappa shape index (κ3) is 3.65. The Morgan fingerprint density at radius 1 is 1.33 bits per heavy atom. The van der Waals surface area contributed by atoms with Gasteiger partial charge >= 0.3 is 0 Å². The molecule has 0 bridgehead atoms. The summed E-state index contributed by atoms with van der Waals surface area (Å²) in [7, 11) is 1.68. The molecule has 0 aliphatic heterocycles. The molecule has 0 amide bonds. The number of rotatable bonds is 5. The smallest absolute Gasteiger partial charge is 0.135 e. The predicted octanol–water partition coefficient (Wildman–Crippen LogP) is 2.39. The lowest BCUT2D eigenvalue weighted by Gasteiger charge is -2.08. The molecule has 15 heavy (non-hydrogen) atoms. The van der Waals surface area contributed by atoms with Crippen molar-refractivity contribution in [3.8, 4) is 18.1 Å². The first-order valence-electron chi connectivity index (χ1n) is 4.97. The molecule has 0 radical (unpaired) electrons. The van der Waals surface area contributed by atoms with Crippen LogP contribution in [0.5, 0.6) is 5.75 Å². The molecule has 0 atom stereocenters. The molecular weight excluding hydrogens is 188 g/mol. The van der Waals surface area contributed by atoms with E-state index in [1.54, 1.807) is 7.11 Å². The van der Waals surface area contributed by atoms with Crippen molar-refractivity contribution in [3.05, 3.63) is 29.3 Å². The van der Waals surface area contributed by atoms with Gasteiger partial charge in [-0.3, -0.25) is 0 Å². The van der Waals surface area contributed by atoms with E-state index in [2.05, 4.69) is 5.92 Å². The van der Waals surface area contributed by atoms with E-state index in [-0.39, 0.29) is 0 Å². The van der Waals surface area contributed by atoms with Gasteiger partial charge in [0, 0.05) is 20.1 Å². The van der Waals surface area contributed by atoms with Gasteiger partial charge in [-0.1, -0.05) is 12.0 Å². The van der Waals surface area contributed by atoms with Gasteiger partial charge in [0.2, 0.25) is 0 Å². The number of aryl methyl sites for hydroxylation is 1. The topological polar surface area (TPSA) is 18.5 Å². The fourth-order valence-corrected chi connectivity index (χ4v) is 1.25. The summed E-state index contributed by atoms with van der Waals surface area (Å²) >= 11 is 0. The summed E-state index contributed by atoms with van der Waals surface area (Å²) in [6.07, 6.45) is 6.25. The molecule has 1 aromatic carbocycles. The van der Waals surface area contributed by atoms with E-state index in [0.29, 0.717) is 13.2 Å². The van der Waals surface area contributed by atoms with E-state index in [1.807, 2.05) is 25.1 Å². The van der Waals surface area contributed by atoms with Crippen molar-refractivity contribution >= 4 is 0 Å². The molecule has 1 rings (SSSR count). The Hall–Kier alpha value is -1.46. The van der Waals surface area contributed by atoms with Crippen molar-refractivity contribution < 1.29 is 9.47 Å². The second kappa shape index (κ2) is 6.10. The maximum Gasteiger partial charge on any atom is 0.135 e. The maximum absolute atomic E-state index is 5.59. The molecule has 0 aliphatic carbocycles. The number of methoxy groups -OCH3 is 1. The van der Waals surface area contributed by atoms with E-state index < -0.39 is 0 Å². The van der Waals surface area contributed by atoms with Gasteiger partial charge in [0.25, 0.3) is 0 Å². The quantitative estimate of drug-likeness (QED) is 0.541. The van der Waals surface area contributed by atoms with Crippen LogP contribution >= 0.6 is 0 Å². The van der Waals surface area contributed by atoms with Crippen LogP contribution in [-0.4, -0.2) is 20.3 Å². The predicted molar refractivity (Wildman–Crippen MR) is 61.1 cm³/mol.